The second kappa shape index (κ2) is 5.53. The minimum Gasteiger partial charge on any atom is -0.467 e. The second-order valence-corrected chi connectivity index (χ2v) is 4.96. The standard InChI is InChI=1S/C15H20O3/c1-18-14(16)15(17,12-8-4-2-5-9-12)13-10-6-3-7-11-13/h2,4-5,8-9,13,17H,3,6-7,10-11H2,1H3. The summed E-state index contributed by atoms with van der Waals surface area (Å²) in [6, 6.07) is 9.15. The summed E-state index contributed by atoms with van der Waals surface area (Å²) in [6.07, 6.45) is 5.07. The van der Waals surface area contributed by atoms with Gasteiger partial charge in [-0.05, 0) is 18.4 Å². The summed E-state index contributed by atoms with van der Waals surface area (Å²) < 4.78 is 4.83. The summed E-state index contributed by atoms with van der Waals surface area (Å²) in [5, 5.41) is 10.9. The Hall–Kier alpha value is -1.35. The number of aliphatic hydroxyl groups is 1. The number of benzene rings is 1. The van der Waals surface area contributed by atoms with Gasteiger partial charge in [-0.3, -0.25) is 0 Å². The topological polar surface area (TPSA) is 46.5 Å². The SMILES string of the molecule is COC(=O)C(O)(c1ccccc1)C1CCCCC1. The highest BCUT2D eigenvalue weighted by Crippen LogP contribution is 2.40. The van der Waals surface area contributed by atoms with Crippen LogP contribution in [0.25, 0.3) is 0 Å². The highest BCUT2D eigenvalue weighted by Gasteiger charge is 2.46. The van der Waals surface area contributed by atoms with E-state index in [0.29, 0.717) is 5.56 Å². The third-order valence-corrected chi connectivity index (χ3v) is 3.91. The van der Waals surface area contributed by atoms with Crippen LogP contribution in [0.1, 0.15) is 37.7 Å². The van der Waals surface area contributed by atoms with Crippen molar-refractivity contribution >= 4 is 5.97 Å². The quantitative estimate of drug-likeness (QED) is 0.836. The first-order valence-electron chi connectivity index (χ1n) is 6.56. The van der Waals surface area contributed by atoms with Crippen LogP contribution in [-0.4, -0.2) is 18.2 Å². The Morgan fingerprint density at radius 1 is 1.22 bits per heavy atom. The maximum Gasteiger partial charge on any atom is 0.342 e. The maximum atomic E-state index is 12.1. The van der Waals surface area contributed by atoms with E-state index in [9.17, 15) is 9.90 Å². The van der Waals surface area contributed by atoms with Gasteiger partial charge in [0.2, 0.25) is 0 Å². The second-order valence-electron chi connectivity index (χ2n) is 4.96. The molecule has 3 nitrogen and oxygen atoms in total. The predicted octanol–water partition coefficient (Wildman–Crippen LogP) is 2.63. The number of ether oxygens (including phenoxy) is 1. The van der Waals surface area contributed by atoms with Gasteiger partial charge in [-0.25, -0.2) is 4.79 Å². The number of hydrogen-bond acceptors (Lipinski definition) is 3. The third-order valence-electron chi connectivity index (χ3n) is 3.91. The van der Waals surface area contributed by atoms with Crippen molar-refractivity contribution in [3.8, 4) is 0 Å². The van der Waals surface area contributed by atoms with Crippen molar-refractivity contribution in [2.45, 2.75) is 37.7 Å². The highest BCUT2D eigenvalue weighted by molar-refractivity contribution is 5.81. The van der Waals surface area contributed by atoms with E-state index < -0.39 is 11.6 Å². The Balaban J connectivity index is 2.36. The minimum absolute atomic E-state index is 0.0406. The van der Waals surface area contributed by atoms with Crippen molar-refractivity contribution in [1.82, 2.24) is 0 Å². The van der Waals surface area contributed by atoms with Gasteiger partial charge < -0.3 is 9.84 Å². The van der Waals surface area contributed by atoms with Crippen LogP contribution < -0.4 is 0 Å². The zero-order valence-corrected chi connectivity index (χ0v) is 10.8. The van der Waals surface area contributed by atoms with Crippen molar-refractivity contribution in [1.29, 1.82) is 0 Å². The monoisotopic (exact) mass is 248 g/mol. The molecule has 0 bridgehead atoms. The Bertz CT molecular complexity index is 395. The summed E-state index contributed by atoms with van der Waals surface area (Å²) in [6.45, 7) is 0. The fourth-order valence-electron chi connectivity index (χ4n) is 2.89. The van der Waals surface area contributed by atoms with Crippen molar-refractivity contribution in [3.05, 3.63) is 35.9 Å². The number of carbonyl (C=O) groups is 1. The molecule has 1 aliphatic carbocycles. The van der Waals surface area contributed by atoms with Crippen LogP contribution in [0.3, 0.4) is 0 Å². The molecule has 1 aliphatic rings. The fraction of sp³-hybridized carbons (Fsp3) is 0.533. The summed E-state index contributed by atoms with van der Waals surface area (Å²) in [5.41, 5.74) is -0.847. The lowest BCUT2D eigenvalue weighted by molar-refractivity contribution is -0.172. The average molecular weight is 248 g/mol. The highest BCUT2D eigenvalue weighted by atomic mass is 16.5. The molecular weight excluding hydrogens is 228 g/mol. The number of carbonyl (C=O) groups excluding carboxylic acids is 1. The zero-order valence-electron chi connectivity index (χ0n) is 10.8. The zero-order chi connectivity index (χ0) is 13.0. The summed E-state index contributed by atoms with van der Waals surface area (Å²) in [5.74, 6) is -0.582. The molecule has 1 aromatic rings. The number of esters is 1. The van der Waals surface area contributed by atoms with Gasteiger partial charge >= 0.3 is 5.97 Å². The molecule has 1 atom stereocenters. The molecule has 18 heavy (non-hydrogen) atoms. The molecule has 0 saturated heterocycles. The van der Waals surface area contributed by atoms with E-state index in [0.717, 1.165) is 25.7 Å². The Morgan fingerprint density at radius 3 is 2.39 bits per heavy atom. The molecule has 1 fully saturated rings. The minimum atomic E-state index is -1.49. The molecule has 0 amide bonds. The lowest BCUT2D eigenvalue weighted by Gasteiger charge is -2.36. The van der Waals surface area contributed by atoms with Gasteiger partial charge in [0.15, 0.2) is 5.60 Å². The number of methoxy groups -OCH3 is 1. The molecule has 0 aromatic heterocycles. The summed E-state index contributed by atoms with van der Waals surface area (Å²) in [7, 11) is 1.33. The molecule has 1 aromatic carbocycles. The van der Waals surface area contributed by atoms with Gasteiger partial charge in [-0.15, -0.1) is 0 Å². The van der Waals surface area contributed by atoms with E-state index in [1.54, 1.807) is 12.1 Å². The first kappa shape index (κ1) is 13.1. The predicted molar refractivity (Wildman–Crippen MR) is 68.9 cm³/mol. The Kier molecular flexibility index (Phi) is 4.02. The molecule has 1 unspecified atom stereocenters. The van der Waals surface area contributed by atoms with Crippen molar-refractivity contribution in [2.75, 3.05) is 7.11 Å². The normalized spacial score (nSPS) is 20.1. The molecular formula is C15H20O3. The van der Waals surface area contributed by atoms with E-state index >= 15 is 0 Å². The van der Waals surface area contributed by atoms with E-state index in [1.165, 1.54) is 13.5 Å². The molecule has 0 heterocycles. The van der Waals surface area contributed by atoms with E-state index in [2.05, 4.69) is 0 Å². The fourth-order valence-corrected chi connectivity index (χ4v) is 2.89. The molecule has 1 N–H and O–H groups in total. The van der Waals surface area contributed by atoms with Crippen LogP contribution in [0.2, 0.25) is 0 Å². The summed E-state index contributed by atoms with van der Waals surface area (Å²) >= 11 is 0. The number of hydrogen-bond donors (Lipinski definition) is 1. The molecule has 98 valence electrons. The smallest absolute Gasteiger partial charge is 0.342 e. The van der Waals surface area contributed by atoms with E-state index in [1.807, 2.05) is 18.2 Å². The van der Waals surface area contributed by atoms with Crippen molar-refractivity contribution < 1.29 is 14.6 Å². The van der Waals surface area contributed by atoms with Crippen LogP contribution in [0.4, 0.5) is 0 Å². The Labute approximate surface area is 108 Å². The van der Waals surface area contributed by atoms with Gasteiger partial charge in [-0.1, -0.05) is 49.6 Å². The van der Waals surface area contributed by atoms with Crippen molar-refractivity contribution in [3.63, 3.8) is 0 Å². The third kappa shape index (κ3) is 2.27. The Morgan fingerprint density at radius 2 is 1.83 bits per heavy atom. The first-order chi connectivity index (χ1) is 8.69. The summed E-state index contributed by atoms with van der Waals surface area (Å²) in [4.78, 5) is 12.1. The van der Waals surface area contributed by atoms with Crippen LogP contribution in [0.15, 0.2) is 30.3 Å². The van der Waals surface area contributed by atoms with Gasteiger partial charge in [0.05, 0.1) is 7.11 Å². The van der Waals surface area contributed by atoms with Gasteiger partial charge in [-0.2, -0.15) is 0 Å². The van der Waals surface area contributed by atoms with Crippen LogP contribution >= 0.6 is 0 Å². The van der Waals surface area contributed by atoms with E-state index in [-0.39, 0.29) is 5.92 Å². The molecule has 0 spiro atoms. The van der Waals surface area contributed by atoms with Gasteiger partial charge in [0.25, 0.3) is 0 Å². The molecule has 0 radical (unpaired) electrons. The van der Waals surface area contributed by atoms with Crippen LogP contribution in [0.5, 0.6) is 0 Å². The molecule has 2 rings (SSSR count). The molecule has 1 saturated carbocycles. The van der Waals surface area contributed by atoms with Crippen molar-refractivity contribution in [2.24, 2.45) is 5.92 Å². The molecule has 0 aliphatic heterocycles. The lowest BCUT2D eigenvalue weighted by atomic mass is 9.73. The average Bonchev–Trinajstić information content (AvgIpc) is 2.47. The van der Waals surface area contributed by atoms with E-state index in [4.69, 9.17) is 4.74 Å². The molecule has 3 heteroatoms. The van der Waals surface area contributed by atoms with Crippen LogP contribution in [-0.2, 0) is 15.1 Å². The van der Waals surface area contributed by atoms with Gasteiger partial charge in [0, 0.05) is 5.92 Å². The first-order valence-corrected chi connectivity index (χ1v) is 6.56. The van der Waals surface area contributed by atoms with Crippen LogP contribution in [0, 0.1) is 5.92 Å². The maximum absolute atomic E-state index is 12.1. The number of rotatable bonds is 3. The van der Waals surface area contributed by atoms with Gasteiger partial charge in [0.1, 0.15) is 0 Å². The lowest BCUT2D eigenvalue weighted by Crippen LogP contribution is -2.44. The largest absolute Gasteiger partial charge is 0.467 e.